The molecule has 3 aromatic carbocycles. The highest BCUT2D eigenvalue weighted by Crippen LogP contribution is 2.46. The van der Waals surface area contributed by atoms with E-state index < -0.39 is 6.04 Å². The third-order valence-corrected chi connectivity index (χ3v) is 13.2. The number of fused-ring (bicyclic) bond motifs is 2. The summed E-state index contributed by atoms with van der Waals surface area (Å²) >= 11 is 6.37. The molecule has 6 heterocycles. The molecule has 0 aromatic heterocycles. The van der Waals surface area contributed by atoms with Gasteiger partial charge in [0.1, 0.15) is 12.1 Å². The molecule has 0 saturated carbocycles. The molecule has 0 bridgehead atoms. The second-order valence-electron chi connectivity index (χ2n) is 16.4. The molecule has 0 radical (unpaired) electrons. The minimum atomic E-state index is -0.601. The Labute approximate surface area is 320 Å². The molecule has 12 heteroatoms. The average Bonchev–Trinajstić information content (AvgIpc) is 3.80. The molecule has 4 saturated heterocycles. The monoisotopic (exact) mass is 745 g/mol. The Morgan fingerprint density at radius 2 is 1.65 bits per heavy atom. The van der Waals surface area contributed by atoms with Crippen molar-refractivity contribution in [3.8, 4) is 6.07 Å². The maximum Gasteiger partial charge on any atom is 0.255 e. The van der Waals surface area contributed by atoms with Gasteiger partial charge in [-0.05, 0) is 103 Å². The SMILES string of the molecule is C[C@H]1CC2(CCN(c3ccc(C(=O)N4CC(CN5Cc6cc7c(cc6C5)C(=O)N(C5CCC(=O)NC5=O)C7)C4)cc3)CC2)CN1c1ccc(C#N)c(Cl)c1. The minimum absolute atomic E-state index is 0.0820. The maximum atomic E-state index is 13.4. The predicted molar refractivity (Wildman–Crippen MR) is 204 cm³/mol. The number of piperidine rings is 2. The van der Waals surface area contributed by atoms with E-state index in [0.717, 1.165) is 99.7 Å². The van der Waals surface area contributed by atoms with Crippen LogP contribution in [0.15, 0.2) is 54.6 Å². The number of amides is 4. The number of nitrogens with one attached hydrogen (secondary N) is 1. The van der Waals surface area contributed by atoms with Crippen LogP contribution >= 0.6 is 11.6 Å². The molecule has 4 amide bonds. The molecular formula is C42H44ClN7O4. The lowest BCUT2D eigenvalue weighted by atomic mass is 9.76. The van der Waals surface area contributed by atoms with Gasteiger partial charge in [0.25, 0.3) is 11.8 Å². The van der Waals surface area contributed by atoms with E-state index in [1.165, 1.54) is 5.56 Å². The molecule has 9 rings (SSSR count). The van der Waals surface area contributed by atoms with Crippen molar-refractivity contribution in [1.82, 2.24) is 20.0 Å². The van der Waals surface area contributed by atoms with Crippen molar-refractivity contribution in [2.75, 3.05) is 49.1 Å². The van der Waals surface area contributed by atoms with Gasteiger partial charge in [-0.25, -0.2) is 0 Å². The van der Waals surface area contributed by atoms with E-state index in [1.54, 1.807) is 4.90 Å². The smallest absolute Gasteiger partial charge is 0.255 e. The Morgan fingerprint density at radius 1 is 0.926 bits per heavy atom. The number of imide groups is 1. The second-order valence-corrected chi connectivity index (χ2v) is 16.8. The fraction of sp³-hybridized carbons (Fsp3) is 0.452. The zero-order valence-corrected chi connectivity index (χ0v) is 31.3. The van der Waals surface area contributed by atoms with Crippen molar-refractivity contribution in [2.45, 2.75) is 70.7 Å². The normalized spacial score (nSPS) is 23.8. The Bertz CT molecular complexity index is 2100. The van der Waals surface area contributed by atoms with E-state index in [-0.39, 0.29) is 35.5 Å². The predicted octanol–water partition coefficient (Wildman–Crippen LogP) is 4.95. The number of likely N-dealkylation sites (tertiary alicyclic amines) is 1. The topological polar surface area (TPSA) is 120 Å². The van der Waals surface area contributed by atoms with Gasteiger partial charge < -0.3 is 19.6 Å². The zero-order valence-electron chi connectivity index (χ0n) is 30.5. The van der Waals surface area contributed by atoms with Crippen LogP contribution in [0.4, 0.5) is 11.4 Å². The molecule has 6 aliphatic heterocycles. The minimum Gasteiger partial charge on any atom is -0.371 e. The highest BCUT2D eigenvalue weighted by Gasteiger charge is 2.45. The number of rotatable bonds is 6. The first-order chi connectivity index (χ1) is 26.1. The van der Waals surface area contributed by atoms with Crippen LogP contribution in [-0.4, -0.2) is 89.7 Å². The fourth-order valence-corrected chi connectivity index (χ4v) is 10.1. The van der Waals surface area contributed by atoms with Gasteiger partial charge in [-0.1, -0.05) is 17.7 Å². The van der Waals surface area contributed by atoms with Gasteiger partial charge in [0.15, 0.2) is 0 Å². The maximum absolute atomic E-state index is 13.4. The van der Waals surface area contributed by atoms with Gasteiger partial charge in [-0.2, -0.15) is 5.26 Å². The molecule has 54 heavy (non-hydrogen) atoms. The molecule has 2 atom stereocenters. The van der Waals surface area contributed by atoms with Crippen LogP contribution in [-0.2, 0) is 29.2 Å². The number of hydrogen-bond donors (Lipinski definition) is 1. The van der Waals surface area contributed by atoms with Crippen LogP contribution in [0.1, 0.15) is 82.0 Å². The van der Waals surface area contributed by atoms with Crippen molar-refractivity contribution >= 4 is 46.6 Å². The van der Waals surface area contributed by atoms with E-state index in [4.69, 9.17) is 11.6 Å². The Morgan fingerprint density at radius 3 is 2.35 bits per heavy atom. The number of hydrogen-bond acceptors (Lipinski definition) is 8. The summed E-state index contributed by atoms with van der Waals surface area (Å²) in [7, 11) is 0. The number of nitrogens with zero attached hydrogens (tertiary/aromatic N) is 6. The molecule has 11 nitrogen and oxygen atoms in total. The second kappa shape index (κ2) is 13.4. The van der Waals surface area contributed by atoms with Crippen LogP contribution in [0.2, 0.25) is 5.02 Å². The van der Waals surface area contributed by atoms with Crippen LogP contribution in [0.5, 0.6) is 0 Å². The molecule has 1 spiro atoms. The highest BCUT2D eigenvalue weighted by molar-refractivity contribution is 6.32. The molecule has 6 aliphatic rings. The standard InChI is InChI=1S/C42H44ClN7O4/c1-26-17-42(25-50(26)34-7-4-29(18-44)36(43)16-34)10-12-47(13-11-42)33-5-2-28(3-6-33)40(53)48-20-27(21-48)19-46-22-30-14-32-24-49(37-8-9-38(51)45-39(37)52)41(54)35(32)15-31(30)23-46/h2-7,14-16,26-27,37H,8-13,17,19-25H2,1H3,(H,45,51,52)/t26-,37?/m0/s1. The number of anilines is 2. The quantitative estimate of drug-likeness (QED) is 0.353. The first-order valence-electron chi connectivity index (χ1n) is 19.2. The van der Waals surface area contributed by atoms with Gasteiger partial charge in [0.2, 0.25) is 11.8 Å². The molecule has 0 aliphatic carbocycles. The largest absolute Gasteiger partial charge is 0.371 e. The van der Waals surface area contributed by atoms with Gasteiger partial charge in [-0.3, -0.25) is 29.4 Å². The van der Waals surface area contributed by atoms with Crippen molar-refractivity contribution in [2.24, 2.45) is 11.3 Å². The molecule has 3 aromatic rings. The Balaban J connectivity index is 0.741. The Hall–Kier alpha value is -4.92. The zero-order chi connectivity index (χ0) is 37.3. The molecule has 4 fully saturated rings. The summed E-state index contributed by atoms with van der Waals surface area (Å²) < 4.78 is 0. The van der Waals surface area contributed by atoms with Crippen LogP contribution in [0.25, 0.3) is 0 Å². The average molecular weight is 746 g/mol. The van der Waals surface area contributed by atoms with Crippen molar-refractivity contribution in [3.05, 3.63) is 93.0 Å². The van der Waals surface area contributed by atoms with Crippen molar-refractivity contribution < 1.29 is 19.2 Å². The van der Waals surface area contributed by atoms with Crippen molar-refractivity contribution in [3.63, 3.8) is 0 Å². The lowest BCUT2D eigenvalue weighted by molar-refractivity contribution is -0.136. The highest BCUT2D eigenvalue weighted by atomic mass is 35.5. The third kappa shape index (κ3) is 6.19. The van der Waals surface area contributed by atoms with E-state index in [9.17, 15) is 24.4 Å². The van der Waals surface area contributed by atoms with Gasteiger partial charge in [0.05, 0.1) is 10.6 Å². The summed E-state index contributed by atoms with van der Waals surface area (Å²) in [5.74, 6) is -0.315. The number of carbonyl (C=O) groups is 4. The van der Waals surface area contributed by atoms with Gasteiger partial charge >= 0.3 is 0 Å². The summed E-state index contributed by atoms with van der Waals surface area (Å²) in [6.07, 6.45) is 3.98. The molecular weight excluding hydrogens is 702 g/mol. The number of benzene rings is 3. The molecule has 1 N–H and O–H groups in total. The molecule has 1 unspecified atom stereocenters. The Kier molecular flexibility index (Phi) is 8.66. The third-order valence-electron chi connectivity index (χ3n) is 12.9. The summed E-state index contributed by atoms with van der Waals surface area (Å²) in [5, 5.41) is 12.2. The first-order valence-corrected chi connectivity index (χ1v) is 19.6. The van der Waals surface area contributed by atoms with Gasteiger partial charge in [-0.15, -0.1) is 0 Å². The van der Waals surface area contributed by atoms with Crippen LogP contribution in [0, 0.1) is 22.7 Å². The lowest BCUT2D eigenvalue weighted by Gasteiger charge is -2.41. The van der Waals surface area contributed by atoms with E-state index in [2.05, 4.69) is 51.2 Å². The first kappa shape index (κ1) is 34.8. The van der Waals surface area contributed by atoms with Crippen LogP contribution < -0.4 is 15.1 Å². The summed E-state index contributed by atoms with van der Waals surface area (Å²) in [6.45, 7) is 9.58. The molecule has 278 valence electrons. The van der Waals surface area contributed by atoms with E-state index in [1.807, 2.05) is 41.3 Å². The number of nitriles is 1. The number of halogens is 1. The van der Waals surface area contributed by atoms with Crippen molar-refractivity contribution in [1.29, 1.82) is 5.26 Å². The van der Waals surface area contributed by atoms with E-state index in [0.29, 0.717) is 41.1 Å². The summed E-state index contributed by atoms with van der Waals surface area (Å²) in [4.78, 5) is 61.5. The fourth-order valence-electron chi connectivity index (χ4n) is 9.93. The summed E-state index contributed by atoms with van der Waals surface area (Å²) in [5.41, 5.74) is 7.73. The van der Waals surface area contributed by atoms with Gasteiger partial charge in [0, 0.05) is 99.8 Å². The van der Waals surface area contributed by atoms with Crippen LogP contribution in [0.3, 0.4) is 0 Å². The van der Waals surface area contributed by atoms with E-state index >= 15 is 0 Å². The summed E-state index contributed by atoms with van der Waals surface area (Å²) in [6, 6.07) is 20.0. The lowest BCUT2D eigenvalue weighted by Crippen LogP contribution is -2.53. The number of carbonyl (C=O) groups excluding carboxylic acids is 4.